The van der Waals surface area contributed by atoms with Crippen molar-refractivity contribution in [2.24, 2.45) is 17.6 Å². The summed E-state index contributed by atoms with van der Waals surface area (Å²) in [7, 11) is 0. The smallest absolute Gasteiger partial charge is 0.321 e. The summed E-state index contributed by atoms with van der Waals surface area (Å²) in [4.78, 5) is 50.0. The Hall–Kier alpha value is -4.30. The molecule has 0 aliphatic carbocycles. The van der Waals surface area contributed by atoms with Gasteiger partial charge in [-0.2, -0.15) is 0 Å². The molecule has 0 saturated heterocycles. The van der Waals surface area contributed by atoms with Gasteiger partial charge in [0.15, 0.2) is 12.4 Å². The van der Waals surface area contributed by atoms with E-state index in [1.165, 1.54) is 0 Å². The molecule has 0 spiro atoms. The van der Waals surface area contributed by atoms with Gasteiger partial charge in [0.2, 0.25) is 0 Å². The molecule has 3 N–H and O–H groups in total. The highest BCUT2D eigenvalue weighted by Crippen LogP contribution is 2.18. The lowest BCUT2D eigenvalue weighted by Crippen LogP contribution is -2.48. The first kappa shape index (κ1) is 27.3. The maximum atomic E-state index is 13.0. The van der Waals surface area contributed by atoms with Crippen LogP contribution in [-0.4, -0.2) is 41.4 Å². The first-order chi connectivity index (χ1) is 17.8. The minimum atomic E-state index is -1.85. The summed E-state index contributed by atoms with van der Waals surface area (Å²) in [6, 6.07) is 25.6. The number of benzene rings is 3. The summed E-state index contributed by atoms with van der Waals surface area (Å²) in [6.45, 7) is -0.962. The van der Waals surface area contributed by atoms with Crippen LogP contribution >= 0.6 is 0 Å². The number of rotatable bonds is 13. The Morgan fingerprint density at radius 3 is 1.59 bits per heavy atom. The van der Waals surface area contributed by atoms with E-state index >= 15 is 0 Å². The highest BCUT2D eigenvalue weighted by molar-refractivity contribution is 6.04. The van der Waals surface area contributed by atoms with E-state index in [-0.39, 0.29) is 6.61 Å². The van der Waals surface area contributed by atoms with Crippen LogP contribution in [0.15, 0.2) is 91.0 Å². The molecule has 0 aliphatic rings. The van der Waals surface area contributed by atoms with Gasteiger partial charge >= 0.3 is 17.9 Å². The number of Topliss-reactive ketones (excluding diaryl/α,β-unsaturated/α-hetero) is 1. The Bertz CT molecular complexity index is 1140. The third-order valence-corrected chi connectivity index (χ3v) is 5.81. The lowest BCUT2D eigenvalue weighted by molar-refractivity contribution is -0.162. The number of carboxylic acid groups (broad SMARTS) is 1. The molecule has 2 atom stereocenters. The van der Waals surface area contributed by atoms with Crippen LogP contribution in [0.5, 0.6) is 0 Å². The summed E-state index contributed by atoms with van der Waals surface area (Å²) >= 11 is 0. The fraction of sp³-hybridized carbons (Fsp3) is 0.241. The van der Waals surface area contributed by atoms with E-state index < -0.39 is 48.2 Å². The number of esters is 2. The van der Waals surface area contributed by atoms with Crippen LogP contribution in [0.1, 0.15) is 16.7 Å². The molecule has 192 valence electrons. The Morgan fingerprint density at radius 1 is 0.676 bits per heavy atom. The second-order valence-corrected chi connectivity index (χ2v) is 8.59. The van der Waals surface area contributed by atoms with Crippen LogP contribution in [0, 0.1) is 11.8 Å². The molecule has 0 aliphatic heterocycles. The SMILES string of the molecule is NC(C(=O)O)C(C(=O)COC(=O)C(Cc1ccccc1)Cc1ccccc1)C(=O)OCc1ccccc1. The average molecular weight is 504 g/mol. The van der Waals surface area contributed by atoms with Crippen LogP contribution in [0.4, 0.5) is 0 Å². The summed E-state index contributed by atoms with van der Waals surface area (Å²) in [5.41, 5.74) is 8.13. The van der Waals surface area contributed by atoms with Crippen molar-refractivity contribution < 1.29 is 33.8 Å². The fourth-order valence-corrected chi connectivity index (χ4v) is 3.83. The third kappa shape index (κ3) is 8.40. The molecule has 3 aromatic carbocycles. The predicted molar refractivity (Wildman–Crippen MR) is 135 cm³/mol. The van der Waals surface area contributed by atoms with Crippen LogP contribution in [0.25, 0.3) is 0 Å². The van der Waals surface area contributed by atoms with Gasteiger partial charge in [0.25, 0.3) is 0 Å². The fourth-order valence-electron chi connectivity index (χ4n) is 3.83. The van der Waals surface area contributed by atoms with Gasteiger partial charge in [-0.25, -0.2) is 0 Å². The molecule has 3 rings (SSSR count). The van der Waals surface area contributed by atoms with Crippen molar-refractivity contribution in [2.75, 3.05) is 6.61 Å². The van der Waals surface area contributed by atoms with Crippen molar-refractivity contribution in [1.82, 2.24) is 0 Å². The Kier molecular flexibility index (Phi) is 10.1. The zero-order valence-electron chi connectivity index (χ0n) is 20.2. The Morgan fingerprint density at radius 2 is 1.14 bits per heavy atom. The highest BCUT2D eigenvalue weighted by Gasteiger charge is 2.39. The molecule has 0 radical (unpaired) electrons. The van der Waals surface area contributed by atoms with Gasteiger partial charge < -0.3 is 20.3 Å². The van der Waals surface area contributed by atoms with Gasteiger partial charge in [0.1, 0.15) is 18.6 Å². The van der Waals surface area contributed by atoms with Crippen molar-refractivity contribution in [3.63, 3.8) is 0 Å². The number of hydrogen-bond donors (Lipinski definition) is 2. The van der Waals surface area contributed by atoms with Crippen molar-refractivity contribution in [3.8, 4) is 0 Å². The van der Waals surface area contributed by atoms with Crippen LogP contribution in [0.2, 0.25) is 0 Å². The van der Waals surface area contributed by atoms with Crippen LogP contribution < -0.4 is 5.73 Å². The zero-order chi connectivity index (χ0) is 26.6. The molecular formula is C29H29NO7. The molecule has 8 nitrogen and oxygen atoms in total. The van der Waals surface area contributed by atoms with E-state index in [9.17, 15) is 24.3 Å². The minimum absolute atomic E-state index is 0.161. The predicted octanol–water partition coefficient (Wildman–Crippen LogP) is 2.97. The molecule has 0 amide bonds. The number of aliphatic carboxylic acids is 1. The van der Waals surface area contributed by atoms with E-state index in [1.54, 1.807) is 30.3 Å². The molecule has 37 heavy (non-hydrogen) atoms. The van der Waals surface area contributed by atoms with E-state index in [2.05, 4.69) is 0 Å². The lowest BCUT2D eigenvalue weighted by Gasteiger charge is -2.20. The minimum Gasteiger partial charge on any atom is -0.480 e. The number of carboxylic acids is 1. The molecular weight excluding hydrogens is 474 g/mol. The molecule has 0 heterocycles. The van der Waals surface area contributed by atoms with Gasteiger partial charge in [0.05, 0.1) is 5.92 Å². The maximum absolute atomic E-state index is 13.0. The van der Waals surface area contributed by atoms with Crippen molar-refractivity contribution >= 4 is 23.7 Å². The van der Waals surface area contributed by atoms with Gasteiger partial charge in [-0.1, -0.05) is 91.0 Å². The third-order valence-electron chi connectivity index (χ3n) is 5.81. The van der Waals surface area contributed by atoms with Gasteiger partial charge in [0, 0.05) is 0 Å². The molecule has 0 saturated carbocycles. The first-order valence-corrected chi connectivity index (χ1v) is 11.8. The highest BCUT2D eigenvalue weighted by atomic mass is 16.5. The molecule has 0 bridgehead atoms. The Labute approximate surface area is 215 Å². The molecule has 8 heteroatoms. The van der Waals surface area contributed by atoms with E-state index in [0.717, 1.165) is 11.1 Å². The summed E-state index contributed by atoms with van der Waals surface area (Å²) in [5, 5.41) is 9.34. The average Bonchev–Trinajstić information content (AvgIpc) is 2.92. The first-order valence-electron chi connectivity index (χ1n) is 11.8. The summed E-state index contributed by atoms with van der Waals surface area (Å²) in [6.07, 6.45) is 0.750. The summed E-state index contributed by atoms with van der Waals surface area (Å²) < 4.78 is 10.4. The largest absolute Gasteiger partial charge is 0.480 e. The monoisotopic (exact) mass is 503 g/mol. The van der Waals surface area contributed by atoms with Crippen molar-refractivity contribution in [1.29, 1.82) is 0 Å². The number of nitrogens with two attached hydrogens (primary N) is 1. The molecule has 2 unspecified atom stereocenters. The number of carbonyl (C=O) groups excluding carboxylic acids is 3. The number of carbonyl (C=O) groups is 4. The standard InChI is InChI=1S/C29H29NO7/c30-26(27(32)33)25(29(35)36-18-22-14-8-3-9-15-22)24(31)19-37-28(34)23(16-20-10-4-1-5-11-20)17-21-12-6-2-7-13-21/h1-15,23,25-26H,16-19,30H2,(H,32,33). The number of hydrogen-bond acceptors (Lipinski definition) is 7. The van der Waals surface area contributed by atoms with E-state index in [4.69, 9.17) is 15.2 Å². The van der Waals surface area contributed by atoms with E-state index in [0.29, 0.717) is 18.4 Å². The van der Waals surface area contributed by atoms with Gasteiger partial charge in [-0.3, -0.25) is 19.2 Å². The Balaban J connectivity index is 1.68. The summed E-state index contributed by atoms with van der Waals surface area (Å²) in [5.74, 6) is -6.65. The maximum Gasteiger partial charge on any atom is 0.321 e. The van der Waals surface area contributed by atoms with E-state index in [1.807, 2.05) is 60.7 Å². The van der Waals surface area contributed by atoms with Crippen molar-refractivity contribution in [2.45, 2.75) is 25.5 Å². The van der Waals surface area contributed by atoms with Gasteiger partial charge in [-0.05, 0) is 29.5 Å². The lowest BCUT2D eigenvalue weighted by atomic mass is 9.92. The second-order valence-electron chi connectivity index (χ2n) is 8.59. The number of ether oxygens (including phenoxy) is 2. The van der Waals surface area contributed by atoms with Crippen LogP contribution in [0.3, 0.4) is 0 Å². The topological polar surface area (TPSA) is 133 Å². The number of ketones is 1. The second kappa shape index (κ2) is 13.7. The zero-order valence-corrected chi connectivity index (χ0v) is 20.2. The van der Waals surface area contributed by atoms with Gasteiger partial charge in [-0.15, -0.1) is 0 Å². The molecule has 0 aromatic heterocycles. The van der Waals surface area contributed by atoms with Crippen molar-refractivity contribution in [3.05, 3.63) is 108 Å². The molecule has 0 fully saturated rings. The normalized spacial score (nSPS) is 12.4. The quantitative estimate of drug-likeness (QED) is 0.269. The van der Waals surface area contributed by atoms with Crippen LogP contribution in [-0.2, 0) is 48.1 Å². The molecule has 3 aromatic rings.